The Morgan fingerprint density at radius 1 is 1.15 bits per heavy atom. The largest absolute Gasteiger partial charge is 0.497 e. The molecule has 2 aromatic rings. The van der Waals surface area contributed by atoms with Crippen molar-refractivity contribution in [2.75, 3.05) is 26.5 Å². The lowest BCUT2D eigenvalue weighted by Gasteiger charge is -2.22. The van der Waals surface area contributed by atoms with E-state index in [1.807, 2.05) is 55.6 Å². The lowest BCUT2D eigenvalue weighted by molar-refractivity contribution is -0.114. The van der Waals surface area contributed by atoms with E-state index in [1.54, 1.807) is 14.2 Å². The Hall–Kier alpha value is -2.29. The Balaban J connectivity index is 0.00000364. The van der Waals surface area contributed by atoms with Crippen molar-refractivity contribution in [2.45, 2.75) is 20.0 Å². The number of methoxy groups -OCH3 is 1. The third kappa shape index (κ3) is 7.46. The molecule has 0 fully saturated rings. The van der Waals surface area contributed by atoms with Crippen LogP contribution in [0.1, 0.15) is 18.1 Å². The number of hydrogen-bond acceptors (Lipinski definition) is 3. The maximum absolute atomic E-state index is 11.2. The van der Waals surface area contributed by atoms with Gasteiger partial charge in [-0.1, -0.05) is 24.3 Å². The van der Waals surface area contributed by atoms with Crippen LogP contribution in [0.4, 0.5) is 5.69 Å². The Morgan fingerprint density at radius 2 is 1.85 bits per heavy atom. The highest BCUT2D eigenvalue weighted by Crippen LogP contribution is 2.13. The molecule has 6 nitrogen and oxygen atoms in total. The molecule has 27 heavy (non-hydrogen) atoms. The molecule has 7 heteroatoms. The first kappa shape index (κ1) is 22.8. The first-order chi connectivity index (χ1) is 12.5. The minimum Gasteiger partial charge on any atom is -0.497 e. The Labute approximate surface area is 178 Å². The second-order valence-electron chi connectivity index (χ2n) is 5.99. The van der Waals surface area contributed by atoms with E-state index in [2.05, 4.69) is 20.5 Å². The molecule has 0 radical (unpaired) electrons. The van der Waals surface area contributed by atoms with Crippen LogP contribution in [-0.2, 0) is 17.9 Å². The molecule has 0 atom stereocenters. The number of anilines is 1. The van der Waals surface area contributed by atoms with Crippen LogP contribution in [0, 0.1) is 0 Å². The maximum Gasteiger partial charge on any atom is 0.221 e. The number of halogens is 1. The van der Waals surface area contributed by atoms with Gasteiger partial charge in [0, 0.05) is 39.8 Å². The molecule has 2 N–H and O–H groups in total. The van der Waals surface area contributed by atoms with E-state index in [4.69, 9.17) is 4.74 Å². The van der Waals surface area contributed by atoms with Gasteiger partial charge in [0.1, 0.15) is 5.75 Å². The summed E-state index contributed by atoms with van der Waals surface area (Å²) >= 11 is 0. The van der Waals surface area contributed by atoms with Crippen molar-refractivity contribution in [3.8, 4) is 5.75 Å². The molecule has 0 aliphatic heterocycles. The first-order valence-electron chi connectivity index (χ1n) is 8.43. The number of hydrogen-bond donors (Lipinski definition) is 2. The summed E-state index contributed by atoms with van der Waals surface area (Å²) in [7, 11) is 5.42. The highest BCUT2D eigenvalue weighted by atomic mass is 127. The predicted molar refractivity (Wildman–Crippen MR) is 121 cm³/mol. The predicted octanol–water partition coefficient (Wildman–Crippen LogP) is 3.48. The van der Waals surface area contributed by atoms with E-state index in [-0.39, 0.29) is 29.9 Å². The average Bonchev–Trinajstić information content (AvgIpc) is 2.62. The standard InChI is InChI=1S/C20H26N4O2.HI/c1-15(25)23-18-7-5-6-17(12-18)13-22-20(21-2)24(3)14-16-8-10-19(26-4)11-9-16;/h5-12H,13-14H2,1-4H3,(H,21,22)(H,23,25);1H. The van der Waals surface area contributed by atoms with Crippen molar-refractivity contribution in [3.63, 3.8) is 0 Å². The second kappa shape index (κ2) is 11.4. The van der Waals surface area contributed by atoms with Gasteiger partial charge < -0.3 is 20.3 Å². The Bertz CT molecular complexity index is 763. The summed E-state index contributed by atoms with van der Waals surface area (Å²) in [4.78, 5) is 17.6. The van der Waals surface area contributed by atoms with Crippen LogP contribution >= 0.6 is 24.0 Å². The number of carbonyl (C=O) groups excluding carboxylic acids is 1. The average molecular weight is 482 g/mol. The zero-order valence-electron chi connectivity index (χ0n) is 16.2. The highest BCUT2D eigenvalue weighted by molar-refractivity contribution is 14.0. The van der Waals surface area contributed by atoms with E-state index in [0.717, 1.165) is 29.5 Å². The normalized spacial score (nSPS) is 10.6. The molecule has 0 spiro atoms. The monoisotopic (exact) mass is 482 g/mol. The minimum atomic E-state index is -0.0786. The van der Waals surface area contributed by atoms with Crippen molar-refractivity contribution >= 4 is 41.5 Å². The number of ether oxygens (including phenoxy) is 1. The third-order valence-electron chi connectivity index (χ3n) is 3.85. The summed E-state index contributed by atoms with van der Waals surface area (Å²) in [6, 6.07) is 15.7. The van der Waals surface area contributed by atoms with Crippen molar-refractivity contribution in [3.05, 3.63) is 59.7 Å². The van der Waals surface area contributed by atoms with Gasteiger partial charge in [-0.05, 0) is 35.4 Å². The van der Waals surface area contributed by atoms with Gasteiger partial charge in [-0.15, -0.1) is 24.0 Å². The lowest BCUT2D eigenvalue weighted by atomic mass is 10.2. The van der Waals surface area contributed by atoms with Crippen LogP contribution in [0.15, 0.2) is 53.5 Å². The Morgan fingerprint density at radius 3 is 2.44 bits per heavy atom. The molecule has 0 bridgehead atoms. The summed E-state index contributed by atoms with van der Waals surface area (Å²) in [6.07, 6.45) is 0. The van der Waals surface area contributed by atoms with Gasteiger partial charge in [0.25, 0.3) is 0 Å². The zero-order chi connectivity index (χ0) is 18.9. The summed E-state index contributed by atoms with van der Waals surface area (Å²) in [5.74, 6) is 1.56. The van der Waals surface area contributed by atoms with E-state index >= 15 is 0 Å². The van der Waals surface area contributed by atoms with Crippen LogP contribution in [0.5, 0.6) is 5.75 Å². The molecule has 0 heterocycles. The minimum absolute atomic E-state index is 0. The van der Waals surface area contributed by atoms with E-state index < -0.39 is 0 Å². The molecule has 146 valence electrons. The molecule has 0 saturated heterocycles. The summed E-state index contributed by atoms with van der Waals surface area (Å²) in [5, 5.41) is 6.14. The van der Waals surface area contributed by atoms with Gasteiger partial charge in [0.15, 0.2) is 5.96 Å². The number of aliphatic imine (C=N–C) groups is 1. The summed E-state index contributed by atoms with van der Waals surface area (Å²) in [6.45, 7) is 2.85. The van der Waals surface area contributed by atoms with Gasteiger partial charge in [-0.3, -0.25) is 9.79 Å². The maximum atomic E-state index is 11.2. The third-order valence-corrected chi connectivity index (χ3v) is 3.85. The van der Waals surface area contributed by atoms with Crippen LogP contribution in [0.3, 0.4) is 0 Å². The topological polar surface area (TPSA) is 66.0 Å². The quantitative estimate of drug-likeness (QED) is 0.376. The van der Waals surface area contributed by atoms with E-state index in [1.165, 1.54) is 12.5 Å². The molecular formula is C20H27IN4O2. The lowest BCUT2D eigenvalue weighted by Crippen LogP contribution is -2.38. The SMILES string of the molecule is CN=C(NCc1cccc(NC(C)=O)c1)N(C)Cc1ccc(OC)cc1.I. The van der Waals surface area contributed by atoms with Gasteiger partial charge >= 0.3 is 0 Å². The molecule has 1 amide bonds. The van der Waals surface area contributed by atoms with Crippen molar-refractivity contribution in [1.29, 1.82) is 0 Å². The van der Waals surface area contributed by atoms with Crippen LogP contribution in [0.25, 0.3) is 0 Å². The molecule has 0 aliphatic rings. The molecule has 0 aliphatic carbocycles. The number of amides is 1. The first-order valence-corrected chi connectivity index (χ1v) is 8.43. The van der Waals surface area contributed by atoms with E-state index in [9.17, 15) is 4.79 Å². The van der Waals surface area contributed by atoms with Crippen molar-refractivity contribution in [1.82, 2.24) is 10.2 Å². The molecule has 2 rings (SSSR count). The van der Waals surface area contributed by atoms with Gasteiger partial charge in [-0.25, -0.2) is 0 Å². The van der Waals surface area contributed by atoms with Gasteiger partial charge in [0.05, 0.1) is 7.11 Å². The highest BCUT2D eigenvalue weighted by Gasteiger charge is 2.07. The Kier molecular flexibility index (Phi) is 9.63. The van der Waals surface area contributed by atoms with Crippen LogP contribution in [0.2, 0.25) is 0 Å². The molecule has 0 aromatic heterocycles. The molecular weight excluding hydrogens is 455 g/mol. The number of carbonyl (C=O) groups is 1. The summed E-state index contributed by atoms with van der Waals surface area (Å²) in [5.41, 5.74) is 3.03. The second-order valence-corrected chi connectivity index (χ2v) is 5.99. The van der Waals surface area contributed by atoms with Crippen LogP contribution in [-0.4, -0.2) is 38.0 Å². The van der Waals surface area contributed by atoms with Crippen molar-refractivity contribution < 1.29 is 9.53 Å². The summed E-state index contributed by atoms with van der Waals surface area (Å²) < 4.78 is 5.19. The van der Waals surface area contributed by atoms with Crippen LogP contribution < -0.4 is 15.4 Å². The van der Waals surface area contributed by atoms with E-state index in [0.29, 0.717) is 6.54 Å². The van der Waals surface area contributed by atoms with Gasteiger partial charge in [0.2, 0.25) is 5.91 Å². The fraction of sp³-hybridized carbons (Fsp3) is 0.300. The molecule has 0 unspecified atom stereocenters. The zero-order valence-corrected chi connectivity index (χ0v) is 18.5. The number of guanidine groups is 1. The number of nitrogens with zero attached hydrogens (tertiary/aromatic N) is 2. The smallest absolute Gasteiger partial charge is 0.221 e. The fourth-order valence-electron chi connectivity index (χ4n) is 2.61. The number of rotatable bonds is 6. The fourth-order valence-corrected chi connectivity index (χ4v) is 2.61. The number of nitrogens with one attached hydrogen (secondary N) is 2. The van der Waals surface area contributed by atoms with Crippen molar-refractivity contribution in [2.24, 2.45) is 4.99 Å². The van der Waals surface area contributed by atoms with Gasteiger partial charge in [-0.2, -0.15) is 0 Å². The molecule has 0 saturated carbocycles. The molecule has 2 aromatic carbocycles. The number of benzene rings is 2.